The van der Waals surface area contributed by atoms with Crippen LogP contribution in [0.15, 0.2) is 48.5 Å². The van der Waals surface area contributed by atoms with Crippen LogP contribution in [-0.2, 0) is 0 Å². The van der Waals surface area contributed by atoms with E-state index in [4.69, 9.17) is 5.26 Å². The van der Waals surface area contributed by atoms with Crippen molar-refractivity contribution in [2.75, 3.05) is 11.4 Å². The zero-order chi connectivity index (χ0) is 15.4. The fraction of sp³-hybridized carbons (Fsp3) is 0.368. The normalized spacial score (nSPS) is 18.9. The highest BCUT2D eigenvalue weighted by atomic mass is 15.2. The van der Waals surface area contributed by atoms with Gasteiger partial charge in [-0.3, -0.25) is 0 Å². The van der Waals surface area contributed by atoms with Gasteiger partial charge in [-0.1, -0.05) is 43.3 Å². The molecule has 22 heavy (non-hydrogen) atoms. The molecule has 0 N–H and O–H groups in total. The zero-order valence-corrected chi connectivity index (χ0v) is 12.9. The summed E-state index contributed by atoms with van der Waals surface area (Å²) in [5, 5.41) is 9.07. The van der Waals surface area contributed by atoms with E-state index >= 15 is 0 Å². The topological polar surface area (TPSA) is 39.9 Å². The Hall–Kier alpha value is -2.34. The Labute approximate surface area is 132 Å². The minimum absolute atomic E-state index is 0.467. The van der Waals surface area contributed by atoms with Crippen molar-refractivity contribution in [3.8, 4) is 6.07 Å². The average Bonchev–Trinajstić information content (AvgIpc) is 3.06. The summed E-state index contributed by atoms with van der Waals surface area (Å²) in [6.45, 7) is 3.28. The molecule has 3 nitrogen and oxygen atoms in total. The van der Waals surface area contributed by atoms with E-state index in [1.54, 1.807) is 6.07 Å². The molecule has 2 aromatic rings. The van der Waals surface area contributed by atoms with Gasteiger partial charge in [-0.2, -0.15) is 5.26 Å². The van der Waals surface area contributed by atoms with Crippen molar-refractivity contribution in [3.05, 3.63) is 59.8 Å². The smallest absolute Gasteiger partial charge is 0.142 e. The Balaban J connectivity index is 1.90. The molecule has 1 saturated heterocycles. The first-order chi connectivity index (χ1) is 10.8. The summed E-state index contributed by atoms with van der Waals surface area (Å²) in [7, 11) is 0. The molecule has 2 atom stereocenters. The molecule has 0 saturated carbocycles. The van der Waals surface area contributed by atoms with Crippen LogP contribution in [0, 0.1) is 11.3 Å². The van der Waals surface area contributed by atoms with Crippen molar-refractivity contribution in [2.45, 2.75) is 38.1 Å². The predicted molar refractivity (Wildman–Crippen MR) is 88.8 cm³/mol. The van der Waals surface area contributed by atoms with Gasteiger partial charge >= 0.3 is 0 Å². The second-order valence-electron chi connectivity index (χ2n) is 5.82. The number of nitrogens with zero attached hydrogens (tertiary/aromatic N) is 3. The molecule has 0 spiro atoms. The number of rotatable bonds is 4. The maximum absolute atomic E-state index is 9.07. The lowest BCUT2D eigenvalue weighted by atomic mass is 9.87. The van der Waals surface area contributed by atoms with Gasteiger partial charge in [0.2, 0.25) is 0 Å². The summed E-state index contributed by atoms with van der Waals surface area (Å²) < 4.78 is 0. The van der Waals surface area contributed by atoms with Gasteiger partial charge < -0.3 is 4.90 Å². The zero-order valence-electron chi connectivity index (χ0n) is 12.9. The van der Waals surface area contributed by atoms with Crippen LogP contribution in [0.25, 0.3) is 0 Å². The van der Waals surface area contributed by atoms with Crippen molar-refractivity contribution in [2.24, 2.45) is 0 Å². The average molecular weight is 291 g/mol. The molecule has 1 aromatic heterocycles. The molecule has 2 heterocycles. The summed E-state index contributed by atoms with van der Waals surface area (Å²) in [5.74, 6) is 1.45. The molecule has 1 aliphatic rings. The van der Waals surface area contributed by atoms with Crippen molar-refractivity contribution in [1.29, 1.82) is 5.26 Å². The Morgan fingerprint density at radius 1 is 1.23 bits per heavy atom. The number of hydrogen-bond donors (Lipinski definition) is 0. The molecule has 1 fully saturated rings. The second kappa shape index (κ2) is 6.62. The number of aromatic nitrogens is 1. The molecule has 112 valence electrons. The van der Waals surface area contributed by atoms with E-state index in [9.17, 15) is 0 Å². The molecule has 3 rings (SSSR count). The lowest BCUT2D eigenvalue weighted by Crippen LogP contribution is -2.35. The first-order valence-electron chi connectivity index (χ1n) is 8.02. The van der Waals surface area contributed by atoms with E-state index in [2.05, 4.69) is 53.2 Å². The van der Waals surface area contributed by atoms with E-state index in [1.807, 2.05) is 12.1 Å². The van der Waals surface area contributed by atoms with Crippen LogP contribution in [0.3, 0.4) is 0 Å². The Bertz CT molecular complexity index is 660. The quantitative estimate of drug-likeness (QED) is 0.851. The lowest BCUT2D eigenvalue weighted by Gasteiger charge is -2.32. The summed E-state index contributed by atoms with van der Waals surface area (Å²) in [6.07, 6.45) is 3.49. The molecule has 0 amide bonds. The highest BCUT2D eigenvalue weighted by Crippen LogP contribution is 2.35. The molecule has 2 unspecified atom stereocenters. The largest absolute Gasteiger partial charge is 0.353 e. The first kappa shape index (κ1) is 14.6. The molecule has 1 aliphatic heterocycles. The Morgan fingerprint density at radius 3 is 2.77 bits per heavy atom. The third-order valence-electron chi connectivity index (χ3n) is 4.57. The number of hydrogen-bond acceptors (Lipinski definition) is 3. The van der Waals surface area contributed by atoms with Gasteiger partial charge in [0.1, 0.15) is 17.6 Å². The van der Waals surface area contributed by atoms with E-state index in [0.29, 0.717) is 17.7 Å². The molecular weight excluding hydrogens is 270 g/mol. The Kier molecular flexibility index (Phi) is 4.39. The lowest BCUT2D eigenvalue weighted by molar-refractivity contribution is 0.513. The summed E-state index contributed by atoms with van der Waals surface area (Å²) in [4.78, 5) is 6.89. The third kappa shape index (κ3) is 2.82. The fourth-order valence-electron chi connectivity index (χ4n) is 3.57. The van der Waals surface area contributed by atoms with Gasteiger partial charge in [-0.15, -0.1) is 0 Å². The minimum Gasteiger partial charge on any atom is -0.353 e. The highest BCUT2D eigenvalue weighted by Gasteiger charge is 2.32. The maximum atomic E-state index is 9.07. The molecular formula is C19H21N3. The van der Waals surface area contributed by atoms with Crippen LogP contribution >= 0.6 is 0 Å². The standard InChI is InChI=1S/C19H21N3/c1-2-17(15-8-4-3-5-9-15)18-11-7-13-22(18)19-12-6-10-16(14-20)21-19/h3-6,8-10,12,17-18H,2,7,11,13H2,1H3. The molecule has 0 bridgehead atoms. The summed E-state index contributed by atoms with van der Waals surface area (Å²) >= 11 is 0. The Morgan fingerprint density at radius 2 is 2.05 bits per heavy atom. The maximum Gasteiger partial charge on any atom is 0.142 e. The van der Waals surface area contributed by atoms with Gasteiger partial charge in [-0.05, 0) is 37.0 Å². The number of benzene rings is 1. The van der Waals surface area contributed by atoms with E-state index in [0.717, 1.165) is 18.8 Å². The van der Waals surface area contributed by atoms with Crippen molar-refractivity contribution in [1.82, 2.24) is 4.98 Å². The van der Waals surface area contributed by atoms with Crippen LogP contribution in [0.4, 0.5) is 5.82 Å². The van der Waals surface area contributed by atoms with Gasteiger partial charge in [-0.25, -0.2) is 4.98 Å². The van der Waals surface area contributed by atoms with Gasteiger partial charge in [0.15, 0.2) is 0 Å². The number of nitriles is 1. The van der Waals surface area contributed by atoms with Crippen LogP contribution in [0.2, 0.25) is 0 Å². The monoisotopic (exact) mass is 291 g/mol. The first-order valence-corrected chi connectivity index (χ1v) is 8.02. The van der Waals surface area contributed by atoms with E-state index in [-0.39, 0.29) is 0 Å². The van der Waals surface area contributed by atoms with Gasteiger partial charge in [0.25, 0.3) is 0 Å². The SMILES string of the molecule is CCC(c1ccccc1)C1CCCN1c1cccc(C#N)n1. The van der Waals surface area contributed by atoms with Gasteiger partial charge in [0.05, 0.1) is 0 Å². The molecule has 3 heteroatoms. The van der Waals surface area contributed by atoms with E-state index in [1.165, 1.54) is 18.4 Å². The molecule has 0 aliphatic carbocycles. The molecule has 1 aromatic carbocycles. The highest BCUT2D eigenvalue weighted by molar-refractivity contribution is 5.45. The second-order valence-corrected chi connectivity index (χ2v) is 5.82. The summed E-state index contributed by atoms with van der Waals surface area (Å²) in [6, 6.07) is 19.1. The fourth-order valence-corrected chi connectivity index (χ4v) is 3.57. The number of pyridine rings is 1. The van der Waals surface area contributed by atoms with Crippen molar-refractivity contribution >= 4 is 5.82 Å². The minimum atomic E-state index is 0.467. The van der Waals surface area contributed by atoms with Gasteiger partial charge in [0, 0.05) is 18.5 Å². The predicted octanol–water partition coefficient (Wildman–Crippen LogP) is 4.12. The van der Waals surface area contributed by atoms with E-state index < -0.39 is 0 Å². The van der Waals surface area contributed by atoms with Crippen LogP contribution in [0.5, 0.6) is 0 Å². The van der Waals surface area contributed by atoms with Crippen LogP contribution in [-0.4, -0.2) is 17.6 Å². The van der Waals surface area contributed by atoms with Crippen molar-refractivity contribution in [3.63, 3.8) is 0 Å². The third-order valence-corrected chi connectivity index (χ3v) is 4.57. The van der Waals surface area contributed by atoms with Crippen molar-refractivity contribution < 1.29 is 0 Å². The number of anilines is 1. The summed E-state index contributed by atoms with van der Waals surface area (Å²) in [5.41, 5.74) is 1.90. The molecule has 0 radical (unpaired) electrons. The van der Waals surface area contributed by atoms with Crippen LogP contribution in [0.1, 0.15) is 43.4 Å². The van der Waals surface area contributed by atoms with Crippen LogP contribution < -0.4 is 4.90 Å².